The first-order valence-corrected chi connectivity index (χ1v) is 8.33. The van der Waals surface area contributed by atoms with Gasteiger partial charge in [-0.25, -0.2) is 0 Å². The minimum atomic E-state index is -0.528. The SMILES string of the molecule is CCNC(=O)[C@H](C)NC(=O)CN1CCN(c2ccccc2O)CC1. The Morgan fingerprint density at radius 3 is 2.50 bits per heavy atom. The van der Waals surface area contributed by atoms with Crippen molar-refractivity contribution in [3.05, 3.63) is 24.3 Å². The predicted molar refractivity (Wildman–Crippen MR) is 93.0 cm³/mol. The molecule has 2 amide bonds. The fourth-order valence-electron chi connectivity index (χ4n) is 2.76. The molecule has 1 heterocycles. The number of phenols is 1. The molecule has 0 bridgehead atoms. The molecule has 0 saturated carbocycles. The van der Waals surface area contributed by atoms with E-state index < -0.39 is 6.04 Å². The summed E-state index contributed by atoms with van der Waals surface area (Å²) in [6.45, 7) is 7.31. The highest BCUT2D eigenvalue weighted by Crippen LogP contribution is 2.27. The Hall–Kier alpha value is -2.28. The Balaban J connectivity index is 1.77. The van der Waals surface area contributed by atoms with Gasteiger partial charge in [0.1, 0.15) is 11.8 Å². The lowest BCUT2D eigenvalue weighted by Gasteiger charge is -2.36. The summed E-state index contributed by atoms with van der Waals surface area (Å²) in [5, 5.41) is 15.3. The number of hydrogen-bond donors (Lipinski definition) is 3. The van der Waals surface area contributed by atoms with Gasteiger partial charge in [-0.1, -0.05) is 12.1 Å². The van der Waals surface area contributed by atoms with Gasteiger partial charge in [-0.05, 0) is 26.0 Å². The zero-order valence-corrected chi connectivity index (χ0v) is 14.3. The van der Waals surface area contributed by atoms with E-state index >= 15 is 0 Å². The summed E-state index contributed by atoms with van der Waals surface area (Å²) >= 11 is 0. The highest BCUT2D eigenvalue weighted by atomic mass is 16.3. The van der Waals surface area contributed by atoms with E-state index in [0.29, 0.717) is 6.54 Å². The Labute approximate surface area is 142 Å². The molecule has 3 N–H and O–H groups in total. The van der Waals surface area contributed by atoms with Crippen molar-refractivity contribution in [3.8, 4) is 5.75 Å². The van der Waals surface area contributed by atoms with Crippen LogP contribution in [-0.2, 0) is 9.59 Å². The summed E-state index contributed by atoms with van der Waals surface area (Å²) in [5.74, 6) is -0.0422. The number of aromatic hydroxyl groups is 1. The van der Waals surface area contributed by atoms with Gasteiger partial charge >= 0.3 is 0 Å². The number of benzene rings is 1. The molecular weight excluding hydrogens is 308 g/mol. The molecule has 0 aliphatic carbocycles. The van der Waals surface area contributed by atoms with E-state index in [1.54, 1.807) is 19.1 Å². The van der Waals surface area contributed by atoms with Crippen LogP contribution in [0.5, 0.6) is 5.75 Å². The maximum atomic E-state index is 12.0. The molecule has 7 heteroatoms. The second-order valence-corrected chi connectivity index (χ2v) is 5.94. The summed E-state index contributed by atoms with van der Waals surface area (Å²) in [5.41, 5.74) is 0.825. The van der Waals surface area contributed by atoms with E-state index in [4.69, 9.17) is 0 Å². The number of anilines is 1. The number of nitrogens with zero attached hydrogens (tertiary/aromatic N) is 2. The van der Waals surface area contributed by atoms with Crippen LogP contribution in [0, 0.1) is 0 Å². The Bertz CT molecular complexity index is 571. The molecule has 2 rings (SSSR count). The van der Waals surface area contributed by atoms with Gasteiger partial charge in [-0.3, -0.25) is 14.5 Å². The Morgan fingerprint density at radius 2 is 1.88 bits per heavy atom. The zero-order chi connectivity index (χ0) is 17.5. The molecule has 1 atom stereocenters. The van der Waals surface area contributed by atoms with Crippen molar-refractivity contribution < 1.29 is 14.7 Å². The molecule has 7 nitrogen and oxygen atoms in total. The molecule has 1 fully saturated rings. The zero-order valence-electron chi connectivity index (χ0n) is 14.3. The van der Waals surface area contributed by atoms with Gasteiger partial charge in [-0.2, -0.15) is 0 Å². The average Bonchev–Trinajstić information content (AvgIpc) is 2.56. The number of hydrogen-bond acceptors (Lipinski definition) is 5. The monoisotopic (exact) mass is 334 g/mol. The number of amides is 2. The largest absolute Gasteiger partial charge is 0.506 e. The van der Waals surface area contributed by atoms with Gasteiger partial charge in [0, 0.05) is 32.7 Å². The van der Waals surface area contributed by atoms with Crippen LogP contribution in [0.15, 0.2) is 24.3 Å². The van der Waals surface area contributed by atoms with Crippen LogP contribution in [0.2, 0.25) is 0 Å². The second kappa shape index (κ2) is 8.54. The minimum Gasteiger partial charge on any atom is -0.506 e. The maximum Gasteiger partial charge on any atom is 0.242 e. The first-order chi connectivity index (χ1) is 11.5. The van der Waals surface area contributed by atoms with Crippen LogP contribution in [0.4, 0.5) is 5.69 Å². The number of piperazine rings is 1. The Morgan fingerprint density at radius 1 is 1.21 bits per heavy atom. The topological polar surface area (TPSA) is 84.9 Å². The van der Waals surface area contributed by atoms with E-state index in [0.717, 1.165) is 31.9 Å². The normalized spacial score (nSPS) is 16.5. The van der Waals surface area contributed by atoms with Crippen LogP contribution in [0.25, 0.3) is 0 Å². The smallest absolute Gasteiger partial charge is 0.242 e. The number of carbonyl (C=O) groups is 2. The van der Waals surface area contributed by atoms with E-state index in [1.807, 2.05) is 19.1 Å². The average molecular weight is 334 g/mol. The van der Waals surface area contributed by atoms with Crippen LogP contribution in [0.3, 0.4) is 0 Å². The maximum absolute atomic E-state index is 12.0. The van der Waals surface area contributed by atoms with Crippen molar-refractivity contribution in [3.63, 3.8) is 0 Å². The third-order valence-corrected chi connectivity index (χ3v) is 4.08. The molecule has 1 aromatic rings. The number of rotatable bonds is 6. The summed E-state index contributed by atoms with van der Waals surface area (Å²) < 4.78 is 0. The van der Waals surface area contributed by atoms with Gasteiger partial charge in [0.15, 0.2) is 0 Å². The van der Waals surface area contributed by atoms with Crippen LogP contribution in [0.1, 0.15) is 13.8 Å². The molecule has 132 valence electrons. The quantitative estimate of drug-likeness (QED) is 0.690. The van der Waals surface area contributed by atoms with Crippen LogP contribution in [-0.4, -0.2) is 67.1 Å². The molecule has 1 aliphatic heterocycles. The molecule has 1 saturated heterocycles. The number of phenolic OH excluding ortho intramolecular Hbond substituents is 1. The summed E-state index contributed by atoms with van der Waals surface area (Å²) in [4.78, 5) is 27.8. The third-order valence-electron chi connectivity index (χ3n) is 4.08. The van der Waals surface area contributed by atoms with Crippen LogP contribution < -0.4 is 15.5 Å². The molecule has 0 unspecified atom stereocenters. The number of nitrogens with one attached hydrogen (secondary N) is 2. The molecule has 0 radical (unpaired) electrons. The number of likely N-dealkylation sites (N-methyl/N-ethyl adjacent to an activating group) is 1. The lowest BCUT2D eigenvalue weighted by atomic mass is 10.2. The molecular formula is C17H26N4O3. The van der Waals surface area contributed by atoms with E-state index in [-0.39, 0.29) is 24.1 Å². The first kappa shape index (κ1) is 18.1. The second-order valence-electron chi connectivity index (χ2n) is 5.94. The fourth-order valence-corrected chi connectivity index (χ4v) is 2.76. The lowest BCUT2D eigenvalue weighted by Crippen LogP contribution is -2.52. The predicted octanol–water partition coefficient (Wildman–Crippen LogP) is 0.155. The van der Waals surface area contributed by atoms with E-state index in [9.17, 15) is 14.7 Å². The highest BCUT2D eigenvalue weighted by Gasteiger charge is 2.22. The Kier molecular flexibility index (Phi) is 6.43. The van der Waals surface area contributed by atoms with Gasteiger partial charge in [-0.15, -0.1) is 0 Å². The van der Waals surface area contributed by atoms with Gasteiger partial charge in [0.25, 0.3) is 0 Å². The van der Waals surface area contributed by atoms with Gasteiger partial charge in [0.2, 0.25) is 11.8 Å². The summed E-state index contributed by atoms with van der Waals surface area (Å²) in [7, 11) is 0. The summed E-state index contributed by atoms with van der Waals surface area (Å²) in [6, 6.07) is 6.75. The van der Waals surface area contributed by atoms with Crippen molar-refractivity contribution in [1.29, 1.82) is 0 Å². The fraction of sp³-hybridized carbons (Fsp3) is 0.529. The van der Waals surface area contributed by atoms with Crippen molar-refractivity contribution in [2.75, 3.05) is 44.2 Å². The number of para-hydroxylation sites is 2. The van der Waals surface area contributed by atoms with Crippen molar-refractivity contribution in [2.45, 2.75) is 19.9 Å². The van der Waals surface area contributed by atoms with Crippen molar-refractivity contribution in [1.82, 2.24) is 15.5 Å². The minimum absolute atomic E-state index is 0.148. The van der Waals surface area contributed by atoms with Crippen LogP contribution >= 0.6 is 0 Å². The van der Waals surface area contributed by atoms with Crippen molar-refractivity contribution >= 4 is 17.5 Å². The molecule has 1 aromatic carbocycles. The molecule has 1 aliphatic rings. The third kappa shape index (κ3) is 4.86. The van der Waals surface area contributed by atoms with E-state index in [1.165, 1.54) is 0 Å². The van der Waals surface area contributed by atoms with Gasteiger partial charge < -0.3 is 20.6 Å². The molecule has 0 aromatic heterocycles. The molecule has 0 spiro atoms. The van der Waals surface area contributed by atoms with Crippen molar-refractivity contribution in [2.24, 2.45) is 0 Å². The standard InChI is InChI=1S/C17H26N4O3/c1-3-18-17(24)13(2)19-16(23)12-20-8-10-21(11-9-20)14-6-4-5-7-15(14)22/h4-7,13,22H,3,8-12H2,1-2H3,(H,18,24)(H,19,23)/t13-/m0/s1. The summed E-state index contributed by atoms with van der Waals surface area (Å²) in [6.07, 6.45) is 0. The van der Waals surface area contributed by atoms with E-state index in [2.05, 4.69) is 20.4 Å². The number of carbonyl (C=O) groups excluding carboxylic acids is 2. The van der Waals surface area contributed by atoms with Gasteiger partial charge in [0.05, 0.1) is 12.2 Å². The highest BCUT2D eigenvalue weighted by molar-refractivity contribution is 5.87. The first-order valence-electron chi connectivity index (χ1n) is 8.33. The molecule has 24 heavy (non-hydrogen) atoms. The lowest BCUT2D eigenvalue weighted by molar-refractivity contribution is -0.129.